The fourth-order valence-electron chi connectivity index (χ4n) is 3.20. The Hall–Kier alpha value is 0.250. The highest BCUT2D eigenvalue weighted by molar-refractivity contribution is 6.18. The number of alkyl halides is 1. The van der Waals surface area contributed by atoms with Crippen LogP contribution in [0.3, 0.4) is 0 Å². The highest BCUT2D eigenvalue weighted by atomic mass is 35.5. The molecule has 0 aliphatic heterocycles. The standard InChI is InChI=1S/C12H22ClN/c1-9(6-13)7-14-8-12-5-10-2-3-11(12)4-10/h9-12,14H,2-8H2,1H3. The summed E-state index contributed by atoms with van der Waals surface area (Å²) in [7, 11) is 0. The van der Waals surface area contributed by atoms with E-state index in [1.165, 1.54) is 32.2 Å². The first kappa shape index (κ1) is 10.8. The molecule has 14 heavy (non-hydrogen) atoms. The van der Waals surface area contributed by atoms with Crippen LogP contribution in [0.25, 0.3) is 0 Å². The Kier molecular flexibility index (Phi) is 3.73. The van der Waals surface area contributed by atoms with Gasteiger partial charge in [-0.3, -0.25) is 0 Å². The summed E-state index contributed by atoms with van der Waals surface area (Å²) in [6.07, 6.45) is 6.03. The molecule has 0 radical (unpaired) electrons. The van der Waals surface area contributed by atoms with E-state index in [4.69, 9.17) is 11.6 Å². The highest BCUT2D eigenvalue weighted by Gasteiger charge is 2.38. The van der Waals surface area contributed by atoms with E-state index in [-0.39, 0.29) is 0 Å². The predicted molar refractivity (Wildman–Crippen MR) is 61.7 cm³/mol. The number of halogens is 1. The summed E-state index contributed by atoms with van der Waals surface area (Å²) < 4.78 is 0. The molecular weight excluding hydrogens is 194 g/mol. The lowest BCUT2D eigenvalue weighted by atomic mass is 9.89. The number of nitrogens with one attached hydrogen (secondary N) is 1. The average molecular weight is 216 g/mol. The lowest BCUT2D eigenvalue weighted by molar-refractivity contribution is 0.314. The van der Waals surface area contributed by atoms with Crippen molar-refractivity contribution in [3.8, 4) is 0 Å². The molecule has 2 saturated carbocycles. The Balaban J connectivity index is 1.62. The maximum atomic E-state index is 5.77. The van der Waals surface area contributed by atoms with E-state index < -0.39 is 0 Å². The van der Waals surface area contributed by atoms with Crippen LogP contribution in [0, 0.1) is 23.7 Å². The molecule has 0 amide bonds. The molecule has 0 aromatic rings. The van der Waals surface area contributed by atoms with Gasteiger partial charge in [0.25, 0.3) is 0 Å². The van der Waals surface area contributed by atoms with Crippen LogP contribution in [0.5, 0.6) is 0 Å². The zero-order valence-corrected chi connectivity index (χ0v) is 9.89. The first-order chi connectivity index (χ1) is 6.79. The minimum Gasteiger partial charge on any atom is -0.316 e. The van der Waals surface area contributed by atoms with E-state index in [2.05, 4.69) is 12.2 Å². The number of fused-ring (bicyclic) bond motifs is 2. The van der Waals surface area contributed by atoms with Gasteiger partial charge in [0.05, 0.1) is 0 Å². The van der Waals surface area contributed by atoms with Crippen LogP contribution in [-0.2, 0) is 0 Å². The first-order valence-electron chi connectivity index (χ1n) is 6.06. The Bertz CT molecular complexity index is 183. The monoisotopic (exact) mass is 215 g/mol. The summed E-state index contributed by atoms with van der Waals surface area (Å²) in [5.41, 5.74) is 0. The summed E-state index contributed by atoms with van der Waals surface area (Å²) in [6.45, 7) is 4.54. The molecule has 2 heteroatoms. The van der Waals surface area contributed by atoms with Crippen molar-refractivity contribution in [2.45, 2.75) is 32.6 Å². The van der Waals surface area contributed by atoms with Gasteiger partial charge in [-0.15, -0.1) is 11.6 Å². The molecule has 0 saturated heterocycles. The molecule has 2 aliphatic carbocycles. The Morgan fingerprint density at radius 1 is 1.36 bits per heavy atom. The molecule has 0 spiro atoms. The van der Waals surface area contributed by atoms with E-state index in [0.717, 1.165) is 30.2 Å². The Morgan fingerprint density at radius 2 is 2.21 bits per heavy atom. The second kappa shape index (κ2) is 4.85. The number of rotatable bonds is 5. The van der Waals surface area contributed by atoms with Crippen molar-refractivity contribution in [3.05, 3.63) is 0 Å². The Labute approximate surface area is 92.6 Å². The maximum absolute atomic E-state index is 5.77. The second-order valence-corrected chi connectivity index (χ2v) is 5.66. The van der Waals surface area contributed by atoms with Crippen LogP contribution in [0.1, 0.15) is 32.6 Å². The van der Waals surface area contributed by atoms with E-state index in [0.29, 0.717) is 5.92 Å². The molecule has 1 nitrogen and oxygen atoms in total. The molecule has 2 rings (SSSR count). The van der Waals surface area contributed by atoms with Gasteiger partial charge in [0.1, 0.15) is 0 Å². The van der Waals surface area contributed by atoms with Gasteiger partial charge >= 0.3 is 0 Å². The quantitative estimate of drug-likeness (QED) is 0.696. The van der Waals surface area contributed by atoms with Crippen molar-refractivity contribution < 1.29 is 0 Å². The van der Waals surface area contributed by atoms with E-state index in [9.17, 15) is 0 Å². The molecule has 82 valence electrons. The van der Waals surface area contributed by atoms with E-state index >= 15 is 0 Å². The van der Waals surface area contributed by atoms with Crippen molar-refractivity contribution in [2.75, 3.05) is 19.0 Å². The fraction of sp³-hybridized carbons (Fsp3) is 1.00. The number of hydrogen-bond acceptors (Lipinski definition) is 1. The highest BCUT2D eigenvalue weighted by Crippen LogP contribution is 2.47. The van der Waals surface area contributed by atoms with Crippen LogP contribution < -0.4 is 5.32 Å². The molecule has 1 N–H and O–H groups in total. The van der Waals surface area contributed by atoms with Gasteiger partial charge in [0.15, 0.2) is 0 Å². The van der Waals surface area contributed by atoms with Crippen molar-refractivity contribution >= 4 is 11.6 Å². The first-order valence-corrected chi connectivity index (χ1v) is 6.59. The number of hydrogen-bond donors (Lipinski definition) is 1. The molecule has 4 unspecified atom stereocenters. The SMILES string of the molecule is CC(CCl)CNCC1CC2CCC1C2. The third-order valence-electron chi connectivity index (χ3n) is 4.05. The zero-order chi connectivity index (χ0) is 9.97. The van der Waals surface area contributed by atoms with Crippen molar-refractivity contribution in [1.82, 2.24) is 5.32 Å². The molecular formula is C12H22ClN. The fourth-order valence-corrected chi connectivity index (χ4v) is 3.31. The van der Waals surface area contributed by atoms with Crippen molar-refractivity contribution in [3.63, 3.8) is 0 Å². The topological polar surface area (TPSA) is 12.0 Å². The summed E-state index contributed by atoms with van der Waals surface area (Å²) in [4.78, 5) is 0. The summed E-state index contributed by atoms with van der Waals surface area (Å²) in [5.74, 6) is 4.52. The average Bonchev–Trinajstić information content (AvgIpc) is 2.79. The molecule has 0 aromatic heterocycles. The minimum atomic E-state index is 0.621. The van der Waals surface area contributed by atoms with Crippen LogP contribution in [-0.4, -0.2) is 19.0 Å². The van der Waals surface area contributed by atoms with Crippen LogP contribution >= 0.6 is 11.6 Å². The maximum Gasteiger partial charge on any atom is 0.0261 e. The van der Waals surface area contributed by atoms with E-state index in [1.807, 2.05) is 0 Å². The predicted octanol–water partition coefficient (Wildman–Crippen LogP) is 2.89. The van der Waals surface area contributed by atoms with Gasteiger partial charge in [-0.2, -0.15) is 0 Å². The van der Waals surface area contributed by atoms with Crippen LogP contribution in [0.15, 0.2) is 0 Å². The van der Waals surface area contributed by atoms with Gasteiger partial charge in [-0.05, 0) is 56.0 Å². The largest absolute Gasteiger partial charge is 0.316 e. The van der Waals surface area contributed by atoms with Gasteiger partial charge < -0.3 is 5.32 Å². The van der Waals surface area contributed by atoms with Gasteiger partial charge in [-0.1, -0.05) is 13.3 Å². The zero-order valence-electron chi connectivity index (χ0n) is 9.14. The van der Waals surface area contributed by atoms with Gasteiger partial charge in [0, 0.05) is 5.88 Å². The summed E-state index contributed by atoms with van der Waals surface area (Å²) >= 11 is 5.77. The molecule has 2 aliphatic rings. The van der Waals surface area contributed by atoms with Crippen molar-refractivity contribution in [1.29, 1.82) is 0 Å². The molecule has 4 atom stereocenters. The molecule has 0 aromatic carbocycles. The molecule has 0 heterocycles. The molecule has 2 bridgehead atoms. The third-order valence-corrected chi connectivity index (χ3v) is 4.57. The summed E-state index contributed by atoms with van der Waals surface area (Å²) in [5, 5.41) is 3.58. The molecule has 2 fully saturated rings. The second-order valence-electron chi connectivity index (χ2n) is 5.35. The smallest absolute Gasteiger partial charge is 0.0261 e. The van der Waals surface area contributed by atoms with E-state index in [1.54, 1.807) is 0 Å². The van der Waals surface area contributed by atoms with Crippen molar-refractivity contribution in [2.24, 2.45) is 23.7 Å². The van der Waals surface area contributed by atoms with Crippen LogP contribution in [0.4, 0.5) is 0 Å². The van der Waals surface area contributed by atoms with Gasteiger partial charge in [-0.25, -0.2) is 0 Å². The van der Waals surface area contributed by atoms with Gasteiger partial charge in [0.2, 0.25) is 0 Å². The normalized spacial score (nSPS) is 37.7. The Morgan fingerprint density at radius 3 is 2.79 bits per heavy atom. The summed E-state index contributed by atoms with van der Waals surface area (Å²) in [6, 6.07) is 0. The third kappa shape index (κ3) is 2.43. The lowest BCUT2D eigenvalue weighted by Gasteiger charge is -2.22. The minimum absolute atomic E-state index is 0.621. The van der Waals surface area contributed by atoms with Crippen LogP contribution in [0.2, 0.25) is 0 Å². The lowest BCUT2D eigenvalue weighted by Crippen LogP contribution is -2.30.